The van der Waals surface area contributed by atoms with E-state index < -0.39 is 5.82 Å². The van der Waals surface area contributed by atoms with Crippen LogP contribution in [0.15, 0.2) is 23.0 Å². The summed E-state index contributed by atoms with van der Waals surface area (Å²) >= 11 is 7.26. The van der Waals surface area contributed by atoms with Crippen molar-refractivity contribution >= 4 is 44.7 Å². The number of rotatable bonds is 4. The summed E-state index contributed by atoms with van der Waals surface area (Å²) in [5.41, 5.74) is 1.58. The lowest BCUT2D eigenvalue weighted by molar-refractivity contribution is -0.116. The van der Waals surface area contributed by atoms with E-state index in [4.69, 9.17) is 11.6 Å². The molecule has 0 spiro atoms. The van der Waals surface area contributed by atoms with Gasteiger partial charge in [0.25, 0.3) is 5.56 Å². The summed E-state index contributed by atoms with van der Waals surface area (Å²) in [5, 5.41) is 3.34. The summed E-state index contributed by atoms with van der Waals surface area (Å²) < 4.78 is 13.5. The minimum Gasteiger partial charge on any atom is -0.326 e. The van der Waals surface area contributed by atoms with Crippen molar-refractivity contribution in [2.75, 3.05) is 5.32 Å². The smallest absolute Gasteiger partial charge is 0.259 e. The molecule has 4 rings (SSSR count). The van der Waals surface area contributed by atoms with Gasteiger partial charge in [-0.1, -0.05) is 32.4 Å². The highest BCUT2D eigenvalue weighted by atomic mass is 35.5. The normalized spacial score (nSPS) is 16.4. The first-order valence-electron chi connectivity index (χ1n) is 10.4. The number of aryl methyl sites for hydroxylation is 2. The lowest BCUT2D eigenvalue weighted by atomic mass is 9.72. The second-order valence-electron chi connectivity index (χ2n) is 9.18. The van der Waals surface area contributed by atoms with Crippen LogP contribution in [-0.2, 0) is 24.1 Å². The van der Waals surface area contributed by atoms with E-state index in [1.165, 1.54) is 23.1 Å². The molecule has 8 heteroatoms. The number of hydrogen-bond donors (Lipinski definition) is 2. The summed E-state index contributed by atoms with van der Waals surface area (Å²) in [7, 11) is 0. The zero-order chi connectivity index (χ0) is 22.3. The topological polar surface area (TPSA) is 74.8 Å². The van der Waals surface area contributed by atoms with Crippen molar-refractivity contribution in [3.63, 3.8) is 0 Å². The number of aromatic nitrogens is 2. The van der Waals surface area contributed by atoms with Gasteiger partial charge in [0.1, 0.15) is 16.5 Å². The fourth-order valence-electron chi connectivity index (χ4n) is 4.12. The molecule has 2 heterocycles. The van der Waals surface area contributed by atoms with Crippen LogP contribution in [0, 0.1) is 17.2 Å². The molecule has 0 saturated carbocycles. The minimum atomic E-state index is -0.591. The molecular weight excluding hydrogens is 437 g/mol. The van der Waals surface area contributed by atoms with Crippen molar-refractivity contribution in [2.24, 2.45) is 11.3 Å². The molecule has 1 amide bonds. The molecule has 0 fully saturated rings. The van der Waals surface area contributed by atoms with Gasteiger partial charge < -0.3 is 10.3 Å². The van der Waals surface area contributed by atoms with E-state index in [0.29, 0.717) is 29.2 Å². The molecule has 1 aliphatic carbocycles. The lowest BCUT2D eigenvalue weighted by Crippen LogP contribution is -2.26. The van der Waals surface area contributed by atoms with E-state index >= 15 is 0 Å². The van der Waals surface area contributed by atoms with Gasteiger partial charge in [0, 0.05) is 23.4 Å². The van der Waals surface area contributed by atoms with Crippen molar-refractivity contribution in [3.8, 4) is 0 Å². The quantitative estimate of drug-likeness (QED) is 0.538. The van der Waals surface area contributed by atoms with Gasteiger partial charge in [-0.25, -0.2) is 9.37 Å². The van der Waals surface area contributed by atoms with Gasteiger partial charge in [0.2, 0.25) is 5.91 Å². The molecule has 1 aromatic carbocycles. The number of nitrogens with one attached hydrogen (secondary N) is 2. The Hall–Kier alpha value is -2.25. The van der Waals surface area contributed by atoms with Crippen LogP contribution in [0.2, 0.25) is 5.02 Å². The molecule has 0 radical (unpaired) electrons. The molecule has 0 saturated heterocycles. The molecule has 164 valence electrons. The summed E-state index contributed by atoms with van der Waals surface area (Å²) in [4.78, 5) is 34.5. The third-order valence-electron chi connectivity index (χ3n) is 5.99. The molecule has 0 unspecified atom stereocenters. The average Bonchev–Trinajstić information content (AvgIpc) is 3.06. The Bertz CT molecular complexity index is 1210. The number of halogens is 2. The molecule has 0 bridgehead atoms. The molecule has 2 N–H and O–H groups in total. The number of carbonyl (C=O) groups excluding carboxylic acids is 1. The van der Waals surface area contributed by atoms with Crippen LogP contribution in [0.5, 0.6) is 0 Å². The third kappa shape index (κ3) is 4.67. The van der Waals surface area contributed by atoms with Gasteiger partial charge in [0.05, 0.1) is 10.4 Å². The highest BCUT2D eigenvalue weighted by Gasteiger charge is 2.31. The van der Waals surface area contributed by atoms with Crippen LogP contribution < -0.4 is 10.9 Å². The monoisotopic (exact) mass is 461 g/mol. The number of anilines is 1. The van der Waals surface area contributed by atoms with Crippen molar-refractivity contribution in [3.05, 3.63) is 55.7 Å². The standard InChI is InChI=1S/C23H25ClFN3O2S/c1-23(2,3)12-4-6-14-17(10-12)31-22-20(14)21(30)27-18(28-22)8-9-19(29)26-13-5-7-15(24)16(25)11-13/h5,7,11-12H,4,6,8-10H2,1-3H3,(H,26,29)(H,27,28,30)/t12-/m1/s1. The van der Waals surface area contributed by atoms with Crippen molar-refractivity contribution < 1.29 is 9.18 Å². The number of carbonyl (C=O) groups is 1. The van der Waals surface area contributed by atoms with Crippen LogP contribution in [-0.4, -0.2) is 15.9 Å². The Morgan fingerprint density at radius 2 is 2.16 bits per heavy atom. The minimum absolute atomic E-state index is 0.000502. The second kappa shape index (κ2) is 8.36. The number of nitrogens with zero attached hydrogens (tertiary/aromatic N) is 1. The van der Waals surface area contributed by atoms with Gasteiger partial charge in [0.15, 0.2) is 0 Å². The van der Waals surface area contributed by atoms with Gasteiger partial charge >= 0.3 is 0 Å². The van der Waals surface area contributed by atoms with E-state index in [0.717, 1.165) is 29.7 Å². The summed E-state index contributed by atoms with van der Waals surface area (Å²) in [6.07, 6.45) is 3.38. The van der Waals surface area contributed by atoms with Crippen LogP contribution in [0.25, 0.3) is 10.2 Å². The van der Waals surface area contributed by atoms with E-state index in [-0.39, 0.29) is 28.3 Å². The van der Waals surface area contributed by atoms with E-state index in [1.54, 1.807) is 11.3 Å². The second-order valence-corrected chi connectivity index (χ2v) is 10.7. The fraction of sp³-hybridized carbons (Fsp3) is 0.435. The number of fused-ring (bicyclic) bond motifs is 3. The first-order valence-corrected chi connectivity index (χ1v) is 11.6. The predicted molar refractivity (Wildman–Crippen MR) is 124 cm³/mol. The molecule has 0 aliphatic heterocycles. The average molecular weight is 462 g/mol. The lowest BCUT2D eigenvalue weighted by Gasteiger charge is -2.33. The first-order chi connectivity index (χ1) is 14.6. The molecule has 1 atom stereocenters. The Morgan fingerprint density at radius 3 is 2.87 bits per heavy atom. The maximum atomic E-state index is 13.5. The van der Waals surface area contributed by atoms with Gasteiger partial charge in [-0.3, -0.25) is 9.59 Å². The number of H-pyrrole nitrogens is 1. The molecule has 31 heavy (non-hydrogen) atoms. The van der Waals surface area contributed by atoms with Crippen molar-refractivity contribution in [2.45, 2.75) is 52.9 Å². The molecule has 2 aromatic heterocycles. The first kappa shape index (κ1) is 22.0. The summed E-state index contributed by atoms with van der Waals surface area (Å²) in [6.45, 7) is 6.80. The Balaban J connectivity index is 1.48. The zero-order valence-corrected chi connectivity index (χ0v) is 19.3. The Kier molecular flexibility index (Phi) is 5.92. The Morgan fingerprint density at radius 1 is 1.39 bits per heavy atom. The van der Waals surface area contributed by atoms with E-state index in [9.17, 15) is 14.0 Å². The molecule has 5 nitrogen and oxygen atoms in total. The molecule has 3 aromatic rings. The SMILES string of the molecule is CC(C)(C)[C@@H]1CCc2c(sc3nc(CCC(=O)Nc4ccc(Cl)c(F)c4)[nH]c(=O)c23)C1. The van der Waals surface area contributed by atoms with Gasteiger partial charge in [-0.05, 0) is 54.4 Å². The van der Waals surface area contributed by atoms with Crippen molar-refractivity contribution in [1.29, 1.82) is 0 Å². The number of aromatic amines is 1. The number of benzene rings is 1. The van der Waals surface area contributed by atoms with E-state index in [1.807, 2.05) is 0 Å². The molecule has 1 aliphatic rings. The predicted octanol–water partition coefficient (Wildman–Crippen LogP) is 5.50. The molecular formula is C23H25ClFN3O2S. The van der Waals surface area contributed by atoms with Crippen LogP contribution in [0.1, 0.15) is 49.9 Å². The fourth-order valence-corrected chi connectivity index (χ4v) is 5.55. The van der Waals surface area contributed by atoms with E-state index in [2.05, 4.69) is 36.1 Å². The maximum absolute atomic E-state index is 13.5. The number of thiophene rings is 1. The highest BCUT2D eigenvalue weighted by molar-refractivity contribution is 7.18. The van der Waals surface area contributed by atoms with Gasteiger partial charge in [-0.2, -0.15) is 0 Å². The van der Waals surface area contributed by atoms with Gasteiger partial charge in [-0.15, -0.1) is 11.3 Å². The largest absolute Gasteiger partial charge is 0.326 e. The van der Waals surface area contributed by atoms with Crippen molar-refractivity contribution in [1.82, 2.24) is 9.97 Å². The van der Waals surface area contributed by atoms with Crippen LogP contribution >= 0.6 is 22.9 Å². The summed E-state index contributed by atoms with van der Waals surface area (Å²) in [6, 6.07) is 4.10. The highest BCUT2D eigenvalue weighted by Crippen LogP contribution is 2.42. The third-order valence-corrected chi connectivity index (χ3v) is 7.44. The van der Waals surface area contributed by atoms with Crippen LogP contribution in [0.4, 0.5) is 10.1 Å². The van der Waals surface area contributed by atoms with Crippen LogP contribution in [0.3, 0.4) is 0 Å². The summed E-state index contributed by atoms with van der Waals surface area (Å²) in [5.74, 6) is 0.197. The Labute approximate surface area is 189 Å². The maximum Gasteiger partial charge on any atom is 0.259 e. The number of amides is 1. The zero-order valence-electron chi connectivity index (χ0n) is 17.8. The number of hydrogen-bond acceptors (Lipinski definition) is 4.